The molecular formula is C21H16N2O5S. The van der Waals surface area contributed by atoms with Crippen LogP contribution in [-0.4, -0.2) is 34.6 Å². The molecular weight excluding hydrogens is 392 g/mol. The highest BCUT2D eigenvalue weighted by molar-refractivity contribution is 7.80. The van der Waals surface area contributed by atoms with Crippen molar-refractivity contribution in [2.75, 3.05) is 11.5 Å². The average Bonchev–Trinajstić information content (AvgIpc) is 2.70. The van der Waals surface area contributed by atoms with Gasteiger partial charge in [0.1, 0.15) is 17.9 Å². The number of nitrogens with one attached hydrogen (secondary N) is 1. The number of nitrogens with zero attached hydrogens (tertiary/aromatic N) is 1. The highest BCUT2D eigenvalue weighted by atomic mass is 32.1. The Morgan fingerprint density at radius 2 is 1.93 bits per heavy atom. The summed E-state index contributed by atoms with van der Waals surface area (Å²) in [6, 6.07) is 12.6. The lowest BCUT2D eigenvalue weighted by Crippen LogP contribution is -2.54. The molecule has 1 fully saturated rings. The summed E-state index contributed by atoms with van der Waals surface area (Å²) < 4.78 is 5.40. The summed E-state index contributed by atoms with van der Waals surface area (Å²) in [5.41, 5.74) is 0.732. The number of amides is 2. The minimum absolute atomic E-state index is 0.00403. The largest absolute Gasteiger partial charge is 0.490 e. The SMILES string of the molecule is C=CCOc1ccc(C=C2C(=O)NC(=S)N(c3cccc(C(=O)O)c3)C2=O)cc1. The third-order valence-electron chi connectivity index (χ3n) is 4.01. The Morgan fingerprint density at radius 3 is 2.59 bits per heavy atom. The van der Waals surface area contributed by atoms with Gasteiger partial charge in [0.15, 0.2) is 5.11 Å². The van der Waals surface area contributed by atoms with Crippen LogP contribution in [0.5, 0.6) is 5.75 Å². The van der Waals surface area contributed by atoms with Crippen molar-refractivity contribution < 1.29 is 24.2 Å². The average molecular weight is 408 g/mol. The van der Waals surface area contributed by atoms with E-state index in [-0.39, 0.29) is 21.9 Å². The van der Waals surface area contributed by atoms with E-state index in [4.69, 9.17) is 17.0 Å². The third kappa shape index (κ3) is 4.39. The lowest BCUT2D eigenvalue weighted by Gasteiger charge is -2.29. The van der Waals surface area contributed by atoms with Crippen molar-refractivity contribution in [1.29, 1.82) is 0 Å². The number of anilines is 1. The van der Waals surface area contributed by atoms with Crippen LogP contribution in [0.15, 0.2) is 66.8 Å². The number of carbonyl (C=O) groups is 3. The lowest BCUT2D eigenvalue weighted by atomic mass is 10.1. The van der Waals surface area contributed by atoms with Gasteiger partial charge in [0.25, 0.3) is 11.8 Å². The molecule has 146 valence electrons. The molecule has 2 aromatic rings. The second kappa shape index (κ2) is 8.49. The van der Waals surface area contributed by atoms with Gasteiger partial charge in [-0.1, -0.05) is 30.9 Å². The highest BCUT2D eigenvalue weighted by Gasteiger charge is 2.34. The number of carbonyl (C=O) groups excluding carboxylic acids is 2. The fourth-order valence-electron chi connectivity index (χ4n) is 2.65. The first-order chi connectivity index (χ1) is 13.9. The molecule has 1 aliphatic rings. The minimum Gasteiger partial charge on any atom is -0.490 e. The number of carboxylic acid groups (broad SMARTS) is 1. The summed E-state index contributed by atoms with van der Waals surface area (Å²) in [5.74, 6) is -1.79. The van der Waals surface area contributed by atoms with E-state index in [1.807, 2.05) is 0 Å². The molecule has 0 atom stereocenters. The van der Waals surface area contributed by atoms with Gasteiger partial charge in [-0.05, 0) is 54.2 Å². The first-order valence-corrected chi connectivity index (χ1v) is 8.90. The molecule has 2 N–H and O–H groups in total. The van der Waals surface area contributed by atoms with Crippen LogP contribution in [0, 0.1) is 0 Å². The Morgan fingerprint density at radius 1 is 1.21 bits per heavy atom. The van der Waals surface area contributed by atoms with E-state index in [1.165, 1.54) is 30.3 Å². The van der Waals surface area contributed by atoms with Gasteiger partial charge in [0, 0.05) is 0 Å². The molecule has 1 aliphatic heterocycles. The predicted octanol–water partition coefficient (Wildman–Crippen LogP) is 2.78. The number of hydrogen-bond acceptors (Lipinski definition) is 5. The van der Waals surface area contributed by atoms with Gasteiger partial charge in [-0.25, -0.2) is 4.79 Å². The van der Waals surface area contributed by atoms with Crippen LogP contribution in [0.4, 0.5) is 5.69 Å². The molecule has 0 bridgehead atoms. The fourth-order valence-corrected chi connectivity index (χ4v) is 2.93. The summed E-state index contributed by atoms with van der Waals surface area (Å²) in [6.45, 7) is 3.94. The molecule has 0 radical (unpaired) electrons. The van der Waals surface area contributed by atoms with Gasteiger partial charge >= 0.3 is 5.97 Å². The Balaban J connectivity index is 1.92. The Kier molecular flexibility index (Phi) is 5.85. The van der Waals surface area contributed by atoms with E-state index < -0.39 is 17.8 Å². The number of aromatic carboxylic acids is 1. The standard InChI is InChI=1S/C21H16N2O5S/c1-2-10-28-16-8-6-13(7-9-16)11-17-18(24)22-21(29)23(19(17)25)15-5-3-4-14(12-15)20(26)27/h2-9,11-12H,1,10H2,(H,26,27)(H,22,24,29). The summed E-state index contributed by atoms with van der Waals surface area (Å²) in [5, 5.41) is 11.5. The topological polar surface area (TPSA) is 95.9 Å². The van der Waals surface area contributed by atoms with Gasteiger partial charge in [0.05, 0.1) is 11.3 Å². The van der Waals surface area contributed by atoms with Gasteiger partial charge in [0.2, 0.25) is 0 Å². The molecule has 0 aromatic heterocycles. The Labute approximate surface area is 171 Å². The van der Waals surface area contributed by atoms with Crippen LogP contribution < -0.4 is 15.0 Å². The van der Waals surface area contributed by atoms with Crippen LogP contribution in [-0.2, 0) is 9.59 Å². The zero-order chi connectivity index (χ0) is 21.0. The van der Waals surface area contributed by atoms with Crippen LogP contribution >= 0.6 is 12.2 Å². The van der Waals surface area contributed by atoms with Crippen molar-refractivity contribution >= 4 is 46.9 Å². The predicted molar refractivity (Wildman–Crippen MR) is 112 cm³/mol. The van der Waals surface area contributed by atoms with Gasteiger partial charge < -0.3 is 9.84 Å². The second-order valence-corrected chi connectivity index (χ2v) is 6.37. The maximum absolute atomic E-state index is 13.0. The van der Waals surface area contributed by atoms with Gasteiger partial charge in [-0.3, -0.25) is 19.8 Å². The van der Waals surface area contributed by atoms with Crippen molar-refractivity contribution in [2.45, 2.75) is 0 Å². The third-order valence-corrected chi connectivity index (χ3v) is 4.30. The molecule has 1 heterocycles. The molecule has 0 unspecified atom stereocenters. The zero-order valence-electron chi connectivity index (χ0n) is 15.1. The number of thiocarbonyl (C=S) groups is 1. The van der Waals surface area contributed by atoms with Crippen LogP contribution in [0.25, 0.3) is 6.08 Å². The molecule has 29 heavy (non-hydrogen) atoms. The van der Waals surface area contributed by atoms with Crippen molar-refractivity contribution in [2.24, 2.45) is 0 Å². The monoisotopic (exact) mass is 408 g/mol. The van der Waals surface area contributed by atoms with E-state index in [1.54, 1.807) is 30.3 Å². The molecule has 7 nitrogen and oxygen atoms in total. The summed E-state index contributed by atoms with van der Waals surface area (Å²) in [6.07, 6.45) is 3.06. The van der Waals surface area contributed by atoms with E-state index >= 15 is 0 Å². The zero-order valence-corrected chi connectivity index (χ0v) is 15.9. The molecule has 8 heteroatoms. The molecule has 1 saturated heterocycles. The summed E-state index contributed by atoms with van der Waals surface area (Å²) in [7, 11) is 0. The normalized spacial score (nSPS) is 15.2. The van der Waals surface area contributed by atoms with Crippen molar-refractivity contribution in [3.63, 3.8) is 0 Å². The number of hydrogen-bond donors (Lipinski definition) is 2. The second-order valence-electron chi connectivity index (χ2n) is 5.98. The van der Waals surface area contributed by atoms with Crippen LogP contribution in [0.2, 0.25) is 0 Å². The smallest absolute Gasteiger partial charge is 0.335 e. The minimum atomic E-state index is -1.14. The van der Waals surface area contributed by atoms with E-state index in [0.29, 0.717) is 17.9 Å². The van der Waals surface area contributed by atoms with Crippen LogP contribution in [0.3, 0.4) is 0 Å². The first kappa shape index (κ1) is 20.0. The first-order valence-electron chi connectivity index (χ1n) is 8.49. The number of benzene rings is 2. The quantitative estimate of drug-likeness (QED) is 0.330. The highest BCUT2D eigenvalue weighted by Crippen LogP contribution is 2.23. The Bertz CT molecular complexity index is 1040. The lowest BCUT2D eigenvalue weighted by molar-refractivity contribution is -0.122. The van der Waals surface area contributed by atoms with E-state index in [0.717, 1.165) is 4.90 Å². The molecule has 3 rings (SSSR count). The summed E-state index contributed by atoms with van der Waals surface area (Å²) in [4.78, 5) is 37.6. The molecule has 2 amide bonds. The molecule has 0 saturated carbocycles. The molecule has 2 aromatic carbocycles. The molecule has 0 spiro atoms. The Hall–Kier alpha value is -3.78. The number of carboxylic acids is 1. The van der Waals surface area contributed by atoms with Crippen LogP contribution in [0.1, 0.15) is 15.9 Å². The van der Waals surface area contributed by atoms with Gasteiger partial charge in [-0.2, -0.15) is 0 Å². The summed E-state index contributed by atoms with van der Waals surface area (Å²) >= 11 is 5.12. The maximum Gasteiger partial charge on any atom is 0.335 e. The van der Waals surface area contributed by atoms with E-state index in [9.17, 15) is 19.5 Å². The number of ether oxygens (including phenoxy) is 1. The van der Waals surface area contributed by atoms with Gasteiger partial charge in [-0.15, -0.1) is 0 Å². The maximum atomic E-state index is 13.0. The fraction of sp³-hybridized carbons (Fsp3) is 0.0476. The van der Waals surface area contributed by atoms with E-state index in [2.05, 4.69) is 11.9 Å². The van der Waals surface area contributed by atoms with Crippen molar-refractivity contribution in [3.05, 3.63) is 77.9 Å². The molecule has 0 aliphatic carbocycles. The van der Waals surface area contributed by atoms with Crippen molar-refractivity contribution in [1.82, 2.24) is 5.32 Å². The van der Waals surface area contributed by atoms with Crippen molar-refractivity contribution in [3.8, 4) is 5.75 Å². The number of rotatable bonds is 6.